The Kier molecular flexibility index (Phi) is 3.68. The molecule has 1 rings (SSSR count). The van der Waals surface area contributed by atoms with Crippen LogP contribution in [-0.4, -0.2) is 29.2 Å². The predicted octanol–water partition coefficient (Wildman–Crippen LogP) is 0.354. The summed E-state index contributed by atoms with van der Waals surface area (Å²) in [5, 5.41) is 10.8. The van der Waals surface area contributed by atoms with Gasteiger partial charge in [-0.25, -0.2) is 9.59 Å². The first-order chi connectivity index (χ1) is 7.60. The van der Waals surface area contributed by atoms with Crippen LogP contribution in [0.3, 0.4) is 0 Å². The lowest BCUT2D eigenvalue weighted by molar-refractivity contribution is -0.604. The quantitative estimate of drug-likeness (QED) is 0.171. The maximum Gasteiger partial charge on any atom is 0.388 e. The minimum absolute atomic E-state index is 0.0486. The van der Waals surface area contributed by atoms with Gasteiger partial charge in [0.15, 0.2) is 0 Å². The third kappa shape index (κ3) is 2.61. The van der Waals surface area contributed by atoms with E-state index in [0.29, 0.717) is 0 Å². The summed E-state index contributed by atoms with van der Waals surface area (Å²) >= 11 is 0. The van der Waals surface area contributed by atoms with Gasteiger partial charge in [-0.2, -0.15) is 4.99 Å². The molecule has 1 unspecified atom stereocenters. The monoisotopic (exact) mass is 224 g/mol. The second kappa shape index (κ2) is 4.99. The van der Waals surface area contributed by atoms with Gasteiger partial charge in [-0.15, -0.1) is 0 Å². The molecule has 0 fully saturated rings. The van der Waals surface area contributed by atoms with Crippen molar-refractivity contribution in [2.75, 3.05) is 6.54 Å². The van der Waals surface area contributed by atoms with Gasteiger partial charge >= 0.3 is 11.7 Å². The maximum atomic E-state index is 11.1. The number of nitrogens with zero attached hydrogens (tertiary/aromatic N) is 2. The number of nitro groups is 1. The number of carbonyl (C=O) groups excluding carboxylic acids is 2. The molecule has 0 N–H and O–H groups in total. The van der Waals surface area contributed by atoms with Crippen molar-refractivity contribution in [1.82, 2.24) is 0 Å². The number of rotatable bonds is 4. The van der Waals surface area contributed by atoms with Gasteiger partial charge in [0.05, 0.1) is 11.3 Å². The molecule has 0 aromatic heterocycles. The lowest BCUT2D eigenvalue weighted by Gasteiger charge is -2.21. The summed E-state index contributed by atoms with van der Waals surface area (Å²) in [4.78, 5) is 34.0. The number of isocyanates is 1. The van der Waals surface area contributed by atoms with Gasteiger partial charge in [-0.05, 0) is 0 Å². The van der Waals surface area contributed by atoms with Crippen LogP contribution in [-0.2, 0) is 14.3 Å². The Bertz CT molecular complexity index is 408. The summed E-state index contributed by atoms with van der Waals surface area (Å²) in [6, 6.07) is 0. The van der Waals surface area contributed by atoms with Crippen LogP contribution in [0.1, 0.15) is 6.42 Å². The third-order valence-electron chi connectivity index (χ3n) is 1.89. The number of hydrogen-bond acceptors (Lipinski definition) is 6. The summed E-state index contributed by atoms with van der Waals surface area (Å²) < 4.78 is 4.69. The molecule has 16 heavy (non-hydrogen) atoms. The highest BCUT2D eigenvalue weighted by Gasteiger charge is 2.44. The fraction of sp³-hybridized carbons (Fsp3) is 0.333. The number of carbonyl (C=O) groups is 1. The van der Waals surface area contributed by atoms with Crippen molar-refractivity contribution in [2.45, 2.75) is 12.1 Å². The predicted molar refractivity (Wildman–Crippen MR) is 51.7 cm³/mol. The van der Waals surface area contributed by atoms with Crippen LogP contribution in [0.2, 0.25) is 0 Å². The van der Waals surface area contributed by atoms with Crippen LogP contribution in [0.15, 0.2) is 29.3 Å². The fourth-order valence-electron chi connectivity index (χ4n) is 1.16. The molecular weight excluding hydrogens is 216 g/mol. The third-order valence-corrected chi connectivity index (χ3v) is 1.89. The topological polar surface area (TPSA) is 98.9 Å². The van der Waals surface area contributed by atoms with Gasteiger partial charge in [-0.1, -0.05) is 18.2 Å². The van der Waals surface area contributed by atoms with Crippen molar-refractivity contribution >= 4 is 12.0 Å². The van der Waals surface area contributed by atoms with Crippen LogP contribution >= 0.6 is 0 Å². The molecule has 7 heteroatoms. The van der Waals surface area contributed by atoms with Gasteiger partial charge in [0.2, 0.25) is 6.08 Å². The van der Waals surface area contributed by atoms with Gasteiger partial charge in [-0.3, -0.25) is 10.1 Å². The Balaban J connectivity index is 2.76. The van der Waals surface area contributed by atoms with Crippen LogP contribution in [0.5, 0.6) is 0 Å². The fourth-order valence-corrected chi connectivity index (χ4v) is 1.16. The number of hydrogen-bond donors (Lipinski definition) is 0. The Hall–Kier alpha value is -2.27. The number of ether oxygens (including phenoxy) is 1. The lowest BCUT2D eigenvalue weighted by atomic mass is 10.1. The zero-order chi connectivity index (χ0) is 12.0. The van der Waals surface area contributed by atoms with E-state index in [0.717, 1.165) is 6.08 Å². The molecule has 0 amide bonds. The molecule has 0 aromatic carbocycles. The van der Waals surface area contributed by atoms with E-state index < -0.39 is 23.2 Å². The zero-order valence-electron chi connectivity index (χ0n) is 8.16. The van der Waals surface area contributed by atoms with E-state index in [2.05, 4.69) is 4.99 Å². The molecule has 0 saturated carbocycles. The first-order valence-corrected chi connectivity index (χ1v) is 4.35. The van der Waals surface area contributed by atoms with Crippen molar-refractivity contribution < 1.29 is 19.2 Å². The van der Waals surface area contributed by atoms with E-state index in [1.54, 1.807) is 6.08 Å². The first-order valence-electron chi connectivity index (χ1n) is 4.35. The molecule has 0 heterocycles. The van der Waals surface area contributed by atoms with Gasteiger partial charge in [0, 0.05) is 6.08 Å². The molecular formula is C9H8N2O5. The maximum absolute atomic E-state index is 11.1. The molecule has 0 spiro atoms. The molecule has 1 aliphatic rings. The van der Waals surface area contributed by atoms with E-state index in [1.165, 1.54) is 18.2 Å². The van der Waals surface area contributed by atoms with E-state index in [1.807, 2.05) is 0 Å². The summed E-state index contributed by atoms with van der Waals surface area (Å²) in [6.45, 7) is -0.573. The van der Waals surface area contributed by atoms with Crippen LogP contribution in [0.25, 0.3) is 0 Å². The molecule has 84 valence electrons. The van der Waals surface area contributed by atoms with Crippen LogP contribution < -0.4 is 0 Å². The second-order valence-electron chi connectivity index (χ2n) is 2.97. The average molecular weight is 224 g/mol. The molecule has 1 atom stereocenters. The Morgan fingerprint density at radius 3 is 2.88 bits per heavy atom. The minimum atomic E-state index is -1.88. The van der Waals surface area contributed by atoms with Gasteiger partial charge in [0.25, 0.3) is 0 Å². The summed E-state index contributed by atoms with van der Waals surface area (Å²) in [7, 11) is 0. The van der Waals surface area contributed by atoms with E-state index >= 15 is 0 Å². The standard InChI is InChI=1S/C9H8N2O5/c12-7-10-6-8(13)16-9(11(14)15)4-2-1-3-5-9/h1-4H,5-6H2. The molecule has 0 aromatic rings. The highest BCUT2D eigenvalue weighted by Crippen LogP contribution is 2.23. The zero-order valence-corrected chi connectivity index (χ0v) is 8.16. The van der Waals surface area contributed by atoms with E-state index in [9.17, 15) is 19.7 Å². The molecule has 0 radical (unpaired) electrons. The number of aliphatic imine (C=N–C) groups is 1. The van der Waals surface area contributed by atoms with Crippen molar-refractivity contribution in [3.8, 4) is 0 Å². The molecule has 0 saturated heterocycles. The van der Waals surface area contributed by atoms with Crippen LogP contribution in [0, 0.1) is 10.1 Å². The summed E-state index contributed by atoms with van der Waals surface area (Å²) in [5.41, 5.74) is -1.88. The van der Waals surface area contributed by atoms with Gasteiger partial charge in [0.1, 0.15) is 6.54 Å². The largest absolute Gasteiger partial charge is 0.391 e. The Labute approximate surface area is 90.3 Å². The highest BCUT2D eigenvalue weighted by molar-refractivity contribution is 5.73. The van der Waals surface area contributed by atoms with E-state index in [-0.39, 0.29) is 6.42 Å². The average Bonchev–Trinajstić information content (AvgIpc) is 2.27. The minimum Gasteiger partial charge on any atom is -0.391 e. The second-order valence-corrected chi connectivity index (χ2v) is 2.97. The molecule has 7 nitrogen and oxygen atoms in total. The highest BCUT2D eigenvalue weighted by atomic mass is 16.7. The Morgan fingerprint density at radius 2 is 2.38 bits per heavy atom. The molecule has 1 aliphatic carbocycles. The normalized spacial score (nSPS) is 22.2. The Morgan fingerprint density at radius 1 is 1.62 bits per heavy atom. The van der Waals surface area contributed by atoms with Crippen molar-refractivity contribution in [1.29, 1.82) is 0 Å². The van der Waals surface area contributed by atoms with Crippen molar-refractivity contribution in [3.05, 3.63) is 34.4 Å². The summed E-state index contributed by atoms with van der Waals surface area (Å²) in [5.74, 6) is -0.944. The SMILES string of the molecule is O=C=NCC(=O)OC1([N+](=O)[O-])C=CC=CC1. The smallest absolute Gasteiger partial charge is 0.388 e. The summed E-state index contributed by atoms with van der Waals surface area (Å²) in [6.07, 6.45) is 6.82. The number of esters is 1. The molecule has 0 bridgehead atoms. The van der Waals surface area contributed by atoms with Crippen molar-refractivity contribution in [3.63, 3.8) is 0 Å². The van der Waals surface area contributed by atoms with Crippen molar-refractivity contribution in [2.24, 2.45) is 4.99 Å². The lowest BCUT2D eigenvalue weighted by Crippen LogP contribution is -2.42. The van der Waals surface area contributed by atoms with Gasteiger partial charge < -0.3 is 4.74 Å². The van der Waals surface area contributed by atoms with Crippen LogP contribution in [0.4, 0.5) is 0 Å². The molecule has 0 aliphatic heterocycles. The first kappa shape index (κ1) is 11.8. The van der Waals surface area contributed by atoms with E-state index in [4.69, 9.17) is 4.74 Å². The number of allylic oxidation sites excluding steroid dienone is 2.